The third kappa shape index (κ3) is 3.15. The average Bonchev–Trinajstić information content (AvgIpc) is 2.55. The van der Waals surface area contributed by atoms with E-state index in [0.717, 1.165) is 5.56 Å². The van der Waals surface area contributed by atoms with Crippen LogP contribution in [0.25, 0.3) is 11.0 Å². The number of pyridine rings is 1. The Hall–Kier alpha value is -2.71. The van der Waals surface area contributed by atoms with E-state index in [0.29, 0.717) is 26.8 Å². The summed E-state index contributed by atoms with van der Waals surface area (Å²) in [5, 5.41) is 5.53. The Morgan fingerprint density at radius 2 is 1.92 bits per heavy atom. The number of anilines is 3. The van der Waals surface area contributed by atoms with E-state index in [2.05, 4.69) is 20.2 Å². The molecular formula is C14H11Cl2N7O. The zero-order valence-corrected chi connectivity index (χ0v) is 13.7. The Balaban J connectivity index is 1.97. The SMILES string of the molecule is Nc1nc(N)c2cc(N(Cc3ccc(Cl)c(Cl)c3)N=O)cnc2n1. The van der Waals surface area contributed by atoms with Crippen molar-refractivity contribution >= 4 is 51.7 Å². The quantitative estimate of drug-likeness (QED) is 0.538. The highest BCUT2D eigenvalue weighted by atomic mass is 35.5. The second-order valence-electron chi connectivity index (χ2n) is 4.92. The molecule has 24 heavy (non-hydrogen) atoms. The van der Waals surface area contributed by atoms with E-state index in [4.69, 9.17) is 34.7 Å². The van der Waals surface area contributed by atoms with E-state index in [1.165, 1.54) is 11.2 Å². The largest absolute Gasteiger partial charge is 0.383 e. The molecule has 2 aromatic heterocycles. The first kappa shape index (κ1) is 16.2. The molecular weight excluding hydrogens is 353 g/mol. The van der Waals surface area contributed by atoms with E-state index in [1.807, 2.05) is 0 Å². The van der Waals surface area contributed by atoms with Crippen LogP contribution in [0, 0.1) is 4.91 Å². The van der Waals surface area contributed by atoms with E-state index < -0.39 is 0 Å². The number of aromatic nitrogens is 3. The first-order valence-electron chi connectivity index (χ1n) is 6.71. The summed E-state index contributed by atoms with van der Waals surface area (Å²) in [6.07, 6.45) is 1.45. The summed E-state index contributed by atoms with van der Waals surface area (Å²) < 4.78 is 0. The topological polar surface area (TPSA) is 123 Å². The molecule has 8 nitrogen and oxygen atoms in total. The highest BCUT2D eigenvalue weighted by molar-refractivity contribution is 6.42. The number of fused-ring (bicyclic) bond motifs is 1. The van der Waals surface area contributed by atoms with Crippen LogP contribution < -0.4 is 16.5 Å². The van der Waals surface area contributed by atoms with Gasteiger partial charge in [-0.1, -0.05) is 29.3 Å². The lowest BCUT2D eigenvalue weighted by molar-refractivity contribution is 0.845. The third-order valence-corrected chi connectivity index (χ3v) is 4.04. The van der Waals surface area contributed by atoms with Gasteiger partial charge in [0, 0.05) is 0 Å². The van der Waals surface area contributed by atoms with E-state index in [-0.39, 0.29) is 18.3 Å². The Labute approximate surface area is 146 Å². The highest BCUT2D eigenvalue weighted by Gasteiger charge is 2.13. The van der Waals surface area contributed by atoms with Crippen molar-refractivity contribution in [3.05, 3.63) is 51.0 Å². The summed E-state index contributed by atoms with van der Waals surface area (Å²) in [4.78, 5) is 23.3. The van der Waals surface area contributed by atoms with Crippen LogP contribution in [0.4, 0.5) is 17.5 Å². The zero-order valence-electron chi connectivity index (χ0n) is 12.1. The molecule has 3 rings (SSSR count). The minimum atomic E-state index is 0.0291. The Morgan fingerprint density at radius 1 is 1.12 bits per heavy atom. The molecule has 0 fully saturated rings. The van der Waals surface area contributed by atoms with Gasteiger partial charge in [0.15, 0.2) is 5.65 Å². The standard InChI is InChI=1S/C14H11Cl2N7O/c15-10-2-1-7(3-11(10)16)6-23(22-24)8-4-9-12(17)20-14(18)21-13(9)19-5-8/h1-5H,6H2,(H4,17,18,19,20,21). The summed E-state index contributed by atoms with van der Waals surface area (Å²) in [6.45, 7) is 0.184. The van der Waals surface area contributed by atoms with Crippen LogP contribution >= 0.6 is 23.2 Å². The van der Waals surface area contributed by atoms with Gasteiger partial charge in [-0.3, -0.25) is 0 Å². The summed E-state index contributed by atoms with van der Waals surface area (Å²) in [5.74, 6) is 0.202. The Kier molecular flexibility index (Phi) is 4.32. The molecule has 0 aliphatic rings. The van der Waals surface area contributed by atoms with Crippen LogP contribution in [0.3, 0.4) is 0 Å². The molecule has 0 saturated carbocycles. The summed E-state index contributed by atoms with van der Waals surface area (Å²) >= 11 is 11.9. The molecule has 4 N–H and O–H groups in total. The number of hydrogen-bond acceptors (Lipinski definition) is 7. The lowest BCUT2D eigenvalue weighted by Crippen LogP contribution is -2.15. The number of nitrogen functional groups attached to an aromatic ring is 2. The zero-order chi connectivity index (χ0) is 17.3. The number of nitroso groups, excluding NO2 is 1. The van der Waals surface area contributed by atoms with Crippen LogP contribution in [0.1, 0.15) is 5.56 Å². The number of nitrogens with zero attached hydrogens (tertiary/aromatic N) is 5. The number of rotatable bonds is 4. The van der Waals surface area contributed by atoms with Crippen molar-refractivity contribution in [2.75, 3.05) is 16.5 Å². The van der Waals surface area contributed by atoms with E-state index in [1.54, 1.807) is 24.3 Å². The molecule has 1 aromatic carbocycles. The Morgan fingerprint density at radius 3 is 2.62 bits per heavy atom. The van der Waals surface area contributed by atoms with Gasteiger partial charge in [-0.2, -0.15) is 9.97 Å². The van der Waals surface area contributed by atoms with Crippen molar-refractivity contribution in [2.45, 2.75) is 6.54 Å². The van der Waals surface area contributed by atoms with Crippen molar-refractivity contribution in [1.82, 2.24) is 15.0 Å². The first-order valence-corrected chi connectivity index (χ1v) is 7.47. The normalized spacial score (nSPS) is 10.8. The fourth-order valence-electron chi connectivity index (χ4n) is 2.16. The molecule has 0 aliphatic heterocycles. The smallest absolute Gasteiger partial charge is 0.224 e. The minimum Gasteiger partial charge on any atom is -0.383 e. The molecule has 0 bridgehead atoms. The van der Waals surface area contributed by atoms with E-state index >= 15 is 0 Å². The van der Waals surface area contributed by atoms with Gasteiger partial charge in [0.25, 0.3) is 0 Å². The fraction of sp³-hybridized carbons (Fsp3) is 0.0714. The van der Waals surface area contributed by atoms with Crippen LogP contribution in [0.2, 0.25) is 10.0 Å². The molecule has 3 aromatic rings. The van der Waals surface area contributed by atoms with Crippen molar-refractivity contribution < 1.29 is 0 Å². The van der Waals surface area contributed by atoms with Gasteiger partial charge in [0.2, 0.25) is 5.95 Å². The number of nitrogens with two attached hydrogens (primary N) is 2. The molecule has 0 aliphatic carbocycles. The number of benzene rings is 1. The van der Waals surface area contributed by atoms with Gasteiger partial charge in [-0.05, 0) is 23.8 Å². The molecule has 0 amide bonds. The monoisotopic (exact) mass is 363 g/mol. The van der Waals surface area contributed by atoms with Crippen LogP contribution in [0.15, 0.2) is 35.7 Å². The second-order valence-corrected chi connectivity index (χ2v) is 5.73. The predicted octanol–water partition coefficient (Wildman–Crippen LogP) is 3.18. The number of halogens is 2. The number of hydrogen-bond donors (Lipinski definition) is 2. The summed E-state index contributed by atoms with van der Waals surface area (Å²) in [6, 6.07) is 6.68. The third-order valence-electron chi connectivity index (χ3n) is 3.30. The van der Waals surface area contributed by atoms with Crippen LogP contribution in [0.5, 0.6) is 0 Å². The summed E-state index contributed by atoms with van der Waals surface area (Å²) in [5.41, 5.74) is 12.9. The molecule has 122 valence electrons. The average molecular weight is 364 g/mol. The van der Waals surface area contributed by atoms with Gasteiger partial charge in [0.05, 0.1) is 39.1 Å². The maximum absolute atomic E-state index is 11.2. The maximum Gasteiger partial charge on any atom is 0.224 e. The van der Waals surface area contributed by atoms with Crippen LogP contribution in [-0.4, -0.2) is 15.0 Å². The van der Waals surface area contributed by atoms with Gasteiger partial charge >= 0.3 is 0 Å². The molecule has 10 heteroatoms. The molecule has 0 atom stereocenters. The molecule has 2 heterocycles. The molecule has 0 radical (unpaired) electrons. The predicted molar refractivity (Wildman–Crippen MR) is 94.6 cm³/mol. The van der Waals surface area contributed by atoms with Gasteiger partial charge < -0.3 is 11.5 Å². The van der Waals surface area contributed by atoms with Gasteiger partial charge in [-0.25, -0.2) is 9.99 Å². The first-order chi connectivity index (χ1) is 11.5. The lowest BCUT2D eigenvalue weighted by atomic mass is 10.2. The van der Waals surface area contributed by atoms with Gasteiger partial charge in [-0.15, -0.1) is 4.91 Å². The fourth-order valence-corrected chi connectivity index (χ4v) is 2.48. The second kappa shape index (κ2) is 6.42. The van der Waals surface area contributed by atoms with Crippen molar-refractivity contribution in [2.24, 2.45) is 5.29 Å². The molecule has 0 unspecified atom stereocenters. The molecule has 0 spiro atoms. The summed E-state index contributed by atoms with van der Waals surface area (Å²) in [7, 11) is 0. The van der Waals surface area contributed by atoms with Gasteiger partial charge in [0.1, 0.15) is 5.82 Å². The Bertz CT molecular complexity index is 934. The minimum absolute atomic E-state index is 0.0291. The van der Waals surface area contributed by atoms with Crippen molar-refractivity contribution in [3.63, 3.8) is 0 Å². The van der Waals surface area contributed by atoms with E-state index in [9.17, 15) is 4.91 Å². The lowest BCUT2D eigenvalue weighted by Gasteiger charge is -2.16. The van der Waals surface area contributed by atoms with Crippen LogP contribution in [-0.2, 0) is 6.54 Å². The highest BCUT2D eigenvalue weighted by Crippen LogP contribution is 2.27. The van der Waals surface area contributed by atoms with Crippen molar-refractivity contribution in [3.8, 4) is 0 Å². The maximum atomic E-state index is 11.2. The molecule has 0 saturated heterocycles. The van der Waals surface area contributed by atoms with Crippen molar-refractivity contribution in [1.29, 1.82) is 0 Å².